The van der Waals surface area contributed by atoms with Gasteiger partial charge in [0.05, 0.1) is 12.7 Å². The molecule has 1 unspecified atom stereocenters. The summed E-state index contributed by atoms with van der Waals surface area (Å²) in [6.45, 7) is 6.34. The molecule has 1 aromatic rings. The molecule has 1 amide bonds. The number of ether oxygens (including phenoxy) is 2. The first-order chi connectivity index (χ1) is 10.7. The highest BCUT2D eigenvalue weighted by molar-refractivity contribution is 7.91. The minimum Gasteiger partial charge on any atom is -0.475 e. The second-order valence-corrected chi connectivity index (χ2v) is 6.92. The highest BCUT2D eigenvalue weighted by Crippen LogP contribution is 2.12. The summed E-state index contributed by atoms with van der Waals surface area (Å²) in [7, 11) is -4.20. The summed E-state index contributed by atoms with van der Waals surface area (Å²) >= 11 is 0. The van der Waals surface area contributed by atoms with Crippen molar-refractivity contribution in [3.05, 3.63) is 23.9 Å². The minimum absolute atomic E-state index is 0.0485. The molecular formula is C14H20N2O6S. The Balaban J connectivity index is 2.88. The second-order valence-electron chi connectivity index (χ2n) is 4.92. The van der Waals surface area contributed by atoms with E-state index in [1.54, 1.807) is 20.8 Å². The van der Waals surface area contributed by atoms with Crippen molar-refractivity contribution in [3.63, 3.8) is 0 Å². The van der Waals surface area contributed by atoms with Crippen LogP contribution < -0.4 is 9.46 Å². The number of esters is 1. The van der Waals surface area contributed by atoms with E-state index < -0.39 is 27.1 Å². The van der Waals surface area contributed by atoms with Gasteiger partial charge in [-0.2, -0.15) is 0 Å². The van der Waals surface area contributed by atoms with Crippen molar-refractivity contribution in [1.29, 1.82) is 0 Å². The Morgan fingerprint density at radius 1 is 1.30 bits per heavy atom. The first kappa shape index (κ1) is 18.9. The molecule has 8 nitrogen and oxygen atoms in total. The van der Waals surface area contributed by atoms with Gasteiger partial charge in [0.1, 0.15) is 0 Å². The third kappa shape index (κ3) is 5.51. The van der Waals surface area contributed by atoms with Gasteiger partial charge in [0.2, 0.25) is 15.9 Å². The van der Waals surface area contributed by atoms with Crippen molar-refractivity contribution in [2.75, 3.05) is 6.61 Å². The Labute approximate surface area is 135 Å². The maximum atomic E-state index is 12.1. The van der Waals surface area contributed by atoms with E-state index in [2.05, 4.69) is 9.72 Å². The first-order valence-corrected chi connectivity index (χ1v) is 8.57. The lowest BCUT2D eigenvalue weighted by atomic mass is 10.2. The summed E-state index contributed by atoms with van der Waals surface area (Å²) in [5.41, 5.74) is 0.0512. The van der Waals surface area contributed by atoms with Crippen LogP contribution in [0.1, 0.15) is 38.1 Å². The molecule has 9 heteroatoms. The van der Waals surface area contributed by atoms with Gasteiger partial charge in [-0.3, -0.25) is 9.59 Å². The maximum Gasteiger partial charge on any atom is 0.325 e. The lowest BCUT2D eigenvalue weighted by molar-refractivity contribution is -0.142. The number of rotatable bonds is 7. The number of nitrogens with zero attached hydrogens (tertiary/aromatic N) is 1. The van der Waals surface area contributed by atoms with E-state index >= 15 is 0 Å². The van der Waals surface area contributed by atoms with Crippen LogP contribution in [0, 0.1) is 0 Å². The Kier molecular flexibility index (Phi) is 6.49. The highest BCUT2D eigenvalue weighted by Gasteiger charge is 2.31. The minimum atomic E-state index is -4.20. The van der Waals surface area contributed by atoms with E-state index in [0.29, 0.717) is 0 Å². The number of amides is 1. The van der Waals surface area contributed by atoms with Gasteiger partial charge in [-0.15, -0.1) is 0 Å². The average molecular weight is 344 g/mol. The summed E-state index contributed by atoms with van der Waals surface area (Å²) < 4.78 is 35.8. The van der Waals surface area contributed by atoms with Crippen LogP contribution in [0.5, 0.6) is 5.88 Å². The molecule has 0 saturated heterocycles. The van der Waals surface area contributed by atoms with Gasteiger partial charge in [-0.1, -0.05) is 0 Å². The summed E-state index contributed by atoms with van der Waals surface area (Å²) in [6, 6.07) is 2.66. The quantitative estimate of drug-likeness (QED) is 0.731. The number of hydrogen-bond acceptors (Lipinski definition) is 7. The molecule has 0 aliphatic carbocycles. The highest BCUT2D eigenvalue weighted by atomic mass is 32.2. The molecule has 0 spiro atoms. The fourth-order valence-corrected chi connectivity index (χ4v) is 2.39. The van der Waals surface area contributed by atoms with Crippen molar-refractivity contribution in [2.24, 2.45) is 0 Å². The van der Waals surface area contributed by atoms with Crippen molar-refractivity contribution in [1.82, 2.24) is 9.71 Å². The molecule has 1 atom stereocenters. The van der Waals surface area contributed by atoms with Crippen LogP contribution in [0.4, 0.5) is 0 Å². The van der Waals surface area contributed by atoms with E-state index in [1.165, 1.54) is 18.3 Å². The third-order valence-electron chi connectivity index (χ3n) is 2.67. The Bertz CT molecular complexity index is 672. The zero-order valence-electron chi connectivity index (χ0n) is 13.4. The summed E-state index contributed by atoms with van der Waals surface area (Å²) in [5, 5.41) is -1.50. The Morgan fingerprint density at radius 3 is 2.52 bits per heavy atom. The molecular weight excluding hydrogens is 324 g/mol. The van der Waals surface area contributed by atoms with Crippen molar-refractivity contribution < 1.29 is 27.5 Å². The largest absolute Gasteiger partial charge is 0.475 e. The Morgan fingerprint density at radius 2 is 1.96 bits per heavy atom. The zero-order valence-corrected chi connectivity index (χ0v) is 14.2. The normalized spacial score (nSPS) is 12.6. The second kappa shape index (κ2) is 7.91. The van der Waals surface area contributed by atoms with Gasteiger partial charge in [0, 0.05) is 17.8 Å². The van der Waals surface area contributed by atoms with E-state index in [4.69, 9.17) is 4.74 Å². The van der Waals surface area contributed by atoms with Gasteiger partial charge in [0.15, 0.2) is 5.25 Å². The SMILES string of the molecule is CCOC(=O)C(C)S(=O)(=O)NC(=O)c1ccnc(OC(C)C)c1. The standard InChI is InChI=1S/C14H20N2O6S/c1-5-21-14(18)10(4)23(19,20)16-13(17)11-6-7-15-12(8-11)22-9(2)3/h6-10H,5H2,1-4H3,(H,16,17). The number of aromatic nitrogens is 1. The summed E-state index contributed by atoms with van der Waals surface area (Å²) in [5.74, 6) is -1.60. The van der Waals surface area contributed by atoms with Gasteiger partial charge < -0.3 is 9.47 Å². The van der Waals surface area contributed by atoms with Crippen LogP contribution in [-0.4, -0.2) is 43.2 Å². The summed E-state index contributed by atoms with van der Waals surface area (Å²) in [4.78, 5) is 27.5. The fraction of sp³-hybridized carbons (Fsp3) is 0.500. The molecule has 1 N–H and O–H groups in total. The lowest BCUT2D eigenvalue weighted by Crippen LogP contribution is -2.41. The molecule has 1 rings (SSSR count). The van der Waals surface area contributed by atoms with Gasteiger partial charge in [0.25, 0.3) is 5.91 Å². The molecule has 0 aliphatic heterocycles. The predicted molar refractivity (Wildman–Crippen MR) is 82.5 cm³/mol. The van der Waals surface area contributed by atoms with Crippen molar-refractivity contribution >= 4 is 21.9 Å². The molecule has 128 valence electrons. The van der Waals surface area contributed by atoms with E-state index in [9.17, 15) is 18.0 Å². The monoisotopic (exact) mass is 344 g/mol. The molecule has 0 fully saturated rings. The maximum absolute atomic E-state index is 12.1. The topological polar surface area (TPSA) is 112 Å². The zero-order chi connectivity index (χ0) is 17.6. The van der Waals surface area contributed by atoms with Crippen molar-refractivity contribution in [3.8, 4) is 5.88 Å². The van der Waals surface area contributed by atoms with Gasteiger partial charge >= 0.3 is 5.97 Å². The molecule has 1 heterocycles. The molecule has 1 aromatic heterocycles. The van der Waals surface area contributed by atoms with E-state index in [1.807, 2.05) is 4.72 Å². The number of sulfonamides is 1. The third-order valence-corrected chi connectivity index (χ3v) is 4.27. The van der Waals surface area contributed by atoms with Crippen LogP contribution in [0.25, 0.3) is 0 Å². The van der Waals surface area contributed by atoms with Gasteiger partial charge in [-0.05, 0) is 33.8 Å². The Hall–Kier alpha value is -2.16. The van der Waals surface area contributed by atoms with Crippen LogP contribution in [0.3, 0.4) is 0 Å². The molecule has 0 aromatic carbocycles. The van der Waals surface area contributed by atoms with Crippen molar-refractivity contribution in [2.45, 2.75) is 39.0 Å². The van der Waals surface area contributed by atoms with E-state index in [0.717, 1.165) is 6.92 Å². The first-order valence-electron chi connectivity index (χ1n) is 7.02. The number of carbonyl (C=O) groups is 2. The molecule has 0 bridgehead atoms. The van der Waals surface area contributed by atoms with Crippen LogP contribution >= 0.6 is 0 Å². The van der Waals surface area contributed by atoms with Crippen LogP contribution in [-0.2, 0) is 19.6 Å². The molecule has 0 saturated carbocycles. The number of hydrogen-bond donors (Lipinski definition) is 1. The number of carbonyl (C=O) groups excluding carboxylic acids is 2. The fourth-order valence-electron chi connectivity index (χ4n) is 1.52. The number of nitrogens with one attached hydrogen (secondary N) is 1. The summed E-state index contributed by atoms with van der Waals surface area (Å²) in [6.07, 6.45) is 1.18. The average Bonchev–Trinajstić information content (AvgIpc) is 2.45. The van der Waals surface area contributed by atoms with Crippen LogP contribution in [0.15, 0.2) is 18.3 Å². The number of pyridine rings is 1. The predicted octanol–water partition coefficient (Wildman–Crippen LogP) is 0.880. The van der Waals surface area contributed by atoms with E-state index in [-0.39, 0.29) is 24.2 Å². The molecule has 23 heavy (non-hydrogen) atoms. The molecule has 0 aliphatic rings. The lowest BCUT2D eigenvalue weighted by Gasteiger charge is -2.13. The molecule has 0 radical (unpaired) electrons. The smallest absolute Gasteiger partial charge is 0.325 e. The van der Waals surface area contributed by atoms with Crippen LogP contribution in [0.2, 0.25) is 0 Å². The van der Waals surface area contributed by atoms with Gasteiger partial charge in [-0.25, -0.2) is 18.1 Å².